The number of rotatable bonds is 6. The van der Waals surface area contributed by atoms with Crippen LogP contribution in [0.25, 0.3) is 0 Å². The van der Waals surface area contributed by atoms with Crippen LogP contribution in [0.4, 0.5) is 0 Å². The molecule has 0 amide bonds. The summed E-state index contributed by atoms with van der Waals surface area (Å²) >= 11 is 0. The second-order valence-corrected chi connectivity index (χ2v) is 9.50. The third-order valence-electron chi connectivity index (χ3n) is 6.00. The Bertz CT molecular complexity index is 938. The molecule has 4 rings (SSSR count). The second kappa shape index (κ2) is 8.04. The van der Waals surface area contributed by atoms with E-state index in [9.17, 15) is 8.42 Å². The van der Waals surface area contributed by atoms with Gasteiger partial charge in [0.1, 0.15) is 0 Å². The summed E-state index contributed by atoms with van der Waals surface area (Å²) in [6.07, 6.45) is 5.06. The van der Waals surface area contributed by atoms with E-state index in [0.29, 0.717) is 17.6 Å². The number of nitriles is 1. The highest BCUT2D eigenvalue weighted by atomic mass is 32.2. The molecule has 2 unspecified atom stereocenters. The molecule has 1 N–H and O–H groups in total. The summed E-state index contributed by atoms with van der Waals surface area (Å²) in [5.41, 5.74) is 1.81. The Morgan fingerprint density at radius 2 is 1.64 bits per heavy atom. The lowest BCUT2D eigenvalue weighted by atomic mass is 9.97. The fourth-order valence-electron chi connectivity index (χ4n) is 4.63. The minimum atomic E-state index is -3.55. The molecule has 2 saturated heterocycles. The van der Waals surface area contributed by atoms with E-state index in [1.54, 1.807) is 12.1 Å². The van der Waals surface area contributed by atoms with Gasteiger partial charge in [-0.05, 0) is 61.9 Å². The largest absolute Gasteiger partial charge is 0.297 e. The summed E-state index contributed by atoms with van der Waals surface area (Å²) in [6.45, 7) is 1.04. The van der Waals surface area contributed by atoms with Crippen LogP contribution in [0.3, 0.4) is 0 Å². The molecule has 2 aliphatic heterocycles. The van der Waals surface area contributed by atoms with Gasteiger partial charge in [-0.15, -0.1) is 0 Å². The first-order valence-electron chi connectivity index (χ1n) is 9.87. The predicted molar refractivity (Wildman–Crippen MR) is 108 cm³/mol. The molecule has 146 valence electrons. The first-order chi connectivity index (χ1) is 13.5. The van der Waals surface area contributed by atoms with Gasteiger partial charge >= 0.3 is 0 Å². The van der Waals surface area contributed by atoms with Crippen LogP contribution in [0.5, 0.6) is 0 Å². The van der Waals surface area contributed by atoms with Crippen LogP contribution in [0.15, 0.2) is 59.5 Å². The van der Waals surface area contributed by atoms with Crippen molar-refractivity contribution in [3.8, 4) is 6.07 Å². The normalized spacial score (nSPS) is 24.8. The number of hydrogen-bond acceptors (Lipinski definition) is 4. The lowest BCUT2D eigenvalue weighted by Gasteiger charge is -2.39. The molecule has 0 aromatic heterocycles. The smallest absolute Gasteiger partial charge is 0.240 e. The second-order valence-electron chi connectivity index (χ2n) is 7.78. The van der Waals surface area contributed by atoms with Crippen LogP contribution in [0.1, 0.15) is 36.8 Å². The topological polar surface area (TPSA) is 73.2 Å². The molecule has 2 fully saturated rings. The fraction of sp³-hybridized carbons (Fsp3) is 0.409. The lowest BCUT2D eigenvalue weighted by Crippen LogP contribution is -2.50. The Morgan fingerprint density at radius 1 is 1.00 bits per heavy atom. The van der Waals surface area contributed by atoms with Crippen LogP contribution >= 0.6 is 0 Å². The molecule has 2 aromatic rings. The quantitative estimate of drug-likeness (QED) is 0.816. The molecule has 2 bridgehead atoms. The third-order valence-corrected chi connectivity index (χ3v) is 7.54. The zero-order valence-electron chi connectivity index (χ0n) is 15.8. The number of piperidine rings is 1. The van der Waals surface area contributed by atoms with E-state index in [2.05, 4.69) is 33.9 Å². The van der Waals surface area contributed by atoms with Crippen LogP contribution in [0.2, 0.25) is 0 Å². The van der Waals surface area contributed by atoms with Gasteiger partial charge < -0.3 is 0 Å². The highest BCUT2D eigenvalue weighted by Crippen LogP contribution is 2.36. The van der Waals surface area contributed by atoms with E-state index in [1.165, 1.54) is 17.7 Å². The molecule has 2 atom stereocenters. The van der Waals surface area contributed by atoms with Crippen molar-refractivity contribution in [1.82, 2.24) is 9.62 Å². The minimum Gasteiger partial charge on any atom is -0.297 e. The van der Waals surface area contributed by atoms with E-state index in [1.807, 2.05) is 12.1 Å². The van der Waals surface area contributed by atoms with Crippen molar-refractivity contribution in [3.05, 3.63) is 65.7 Å². The van der Waals surface area contributed by atoms with Crippen molar-refractivity contribution >= 4 is 10.0 Å². The van der Waals surface area contributed by atoms with E-state index >= 15 is 0 Å². The molecular formula is C22H25N3O2S. The first kappa shape index (κ1) is 19.1. The Labute approximate surface area is 167 Å². The number of nitrogens with zero attached hydrogens (tertiary/aromatic N) is 2. The fourth-order valence-corrected chi connectivity index (χ4v) is 5.90. The summed E-state index contributed by atoms with van der Waals surface area (Å²) in [5, 5.41) is 8.88. The first-order valence-corrected chi connectivity index (χ1v) is 11.4. The molecule has 2 heterocycles. The van der Waals surface area contributed by atoms with Crippen LogP contribution in [0, 0.1) is 11.3 Å². The maximum atomic E-state index is 12.7. The highest BCUT2D eigenvalue weighted by molar-refractivity contribution is 7.89. The van der Waals surface area contributed by atoms with Gasteiger partial charge in [-0.3, -0.25) is 4.90 Å². The summed E-state index contributed by atoms with van der Waals surface area (Å²) in [7, 11) is -3.55. The van der Waals surface area contributed by atoms with Gasteiger partial charge in [-0.25, -0.2) is 13.1 Å². The molecule has 5 nitrogen and oxygen atoms in total. The van der Waals surface area contributed by atoms with Gasteiger partial charge in [0.15, 0.2) is 0 Å². The van der Waals surface area contributed by atoms with Crippen molar-refractivity contribution in [1.29, 1.82) is 5.26 Å². The Hall–Kier alpha value is -2.20. The van der Waals surface area contributed by atoms with Crippen molar-refractivity contribution in [3.63, 3.8) is 0 Å². The zero-order chi connectivity index (χ0) is 19.6. The van der Waals surface area contributed by atoms with E-state index in [4.69, 9.17) is 5.26 Å². The lowest BCUT2D eigenvalue weighted by molar-refractivity contribution is 0.125. The minimum absolute atomic E-state index is 0.0221. The zero-order valence-corrected chi connectivity index (χ0v) is 16.6. The maximum absolute atomic E-state index is 12.7. The molecule has 0 saturated carbocycles. The van der Waals surface area contributed by atoms with Crippen molar-refractivity contribution in [2.24, 2.45) is 0 Å². The summed E-state index contributed by atoms with van der Waals surface area (Å²) in [5.74, 6) is 0. The summed E-state index contributed by atoms with van der Waals surface area (Å²) < 4.78 is 28.3. The van der Waals surface area contributed by atoms with Crippen LogP contribution in [-0.2, 0) is 16.4 Å². The molecule has 2 aliphatic rings. The number of benzene rings is 2. The Morgan fingerprint density at radius 3 is 2.25 bits per heavy atom. The number of nitrogens with one attached hydrogen (secondary N) is 1. The molecule has 28 heavy (non-hydrogen) atoms. The molecule has 0 aliphatic carbocycles. The van der Waals surface area contributed by atoms with Gasteiger partial charge in [-0.1, -0.05) is 30.3 Å². The van der Waals surface area contributed by atoms with Crippen LogP contribution < -0.4 is 4.72 Å². The standard InChI is InChI=1S/C22H25N3O2S/c23-16-18-6-10-22(11-7-18)28(26,27)24-19-14-20-8-9-21(15-19)25(20)13-12-17-4-2-1-3-5-17/h1-7,10-11,19-21,24H,8-9,12-15H2. The third kappa shape index (κ3) is 4.12. The van der Waals surface area contributed by atoms with Crippen molar-refractivity contribution < 1.29 is 8.42 Å². The van der Waals surface area contributed by atoms with Gasteiger partial charge in [0, 0.05) is 24.7 Å². The van der Waals surface area contributed by atoms with E-state index in [-0.39, 0.29) is 10.9 Å². The number of sulfonamides is 1. The van der Waals surface area contributed by atoms with E-state index in [0.717, 1.165) is 38.6 Å². The molecule has 0 radical (unpaired) electrons. The van der Waals surface area contributed by atoms with Crippen molar-refractivity contribution in [2.45, 2.75) is 55.1 Å². The Kier molecular flexibility index (Phi) is 5.49. The SMILES string of the molecule is N#Cc1ccc(S(=O)(=O)NC2CC3CCC(C2)N3CCc2ccccc2)cc1. The van der Waals surface area contributed by atoms with Gasteiger partial charge in [0.05, 0.1) is 16.5 Å². The average molecular weight is 396 g/mol. The average Bonchev–Trinajstić information content (AvgIpc) is 2.95. The number of fused-ring (bicyclic) bond motifs is 2. The van der Waals surface area contributed by atoms with Gasteiger partial charge in [0.25, 0.3) is 0 Å². The molecule has 2 aromatic carbocycles. The number of hydrogen-bond donors (Lipinski definition) is 1. The maximum Gasteiger partial charge on any atom is 0.240 e. The monoisotopic (exact) mass is 395 g/mol. The van der Waals surface area contributed by atoms with E-state index < -0.39 is 10.0 Å². The molecular weight excluding hydrogens is 370 g/mol. The summed E-state index contributed by atoms with van der Waals surface area (Å²) in [6, 6.07) is 19.5. The Balaban J connectivity index is 1.37. The highest BCUT2D eigenvalue weighted by Gasteiger charge is 2.41. The van der Waals surface area contributed by atoms with Gasteiger partial charge in [0.2, 0.25) is 10.0 Å². The molecule has 0 spiro atoms. The van der Waals surface area contributed by atoms with Crippen LogP contribution in [-0.4, -0.2) is 38.0 Å². The predicted octanol–water partition coefficient (Wildman–Crippen LogP) is 3.07. The summed E-state index contributed by atoms with van der Waals surface area (Å²) in [4.78, 5) is 2.81. The molecule has 6 heteroatoms. The van der Waals surface area contributed by atoms with Crippen molar-refractivity contribution in [2.75, 3.05) is 6.54 Å². The van der Waals surface area contributed by atoms with Gasteiger partial charge in [-0.2, -0.15) is 5.26 Å².